The van der Waals surface area contributed by atoms with Crippen molar-refractivity contribution in [2.45, 2.75) is 25.4 Å². The van der Waals surface area contributed by atoms with Crippen LogP contribution >= 0.6 is 31.9 Å². The number of halogens is 2. The molecule has 1 fully saturated rings. The Morgan fingerprint density at radius 2 is 2.15 bits per heavy atom. The van der Waals surface area contributed by atoms with Crippen LogP contribution in [0.25, 0.3) is 0 Å². The number of methoxy groups -OCH3 is 1. The molecule has 7 heteroatoms. The van der Waals surface area contributed by atoms with Gasteiger partial charge in [-0.05, 0) is 34.5 Å². The Morgan fingerprint density at radius 1 is 1.40 bits per heavy atom. The van der Waals surface area contributed by atoms with E-state index < -0.39 is 0 Å². The largest absolute Gasteiger partial charge is 0.495 e. The molecule has 1 aromatic carbocycles. The van der Waals surface area contributed by atoms with Crippen LogP contribution in [0, 0.1) is 0 Å². The normalized spacial score (nSPS) is 18.9. The third-order valence-electron chi connectivity index (χ3n) is 3.07. The summed E-state index contributed by atoms with van der Waals surface area (Å²) in [4.78, 5) is 22.8. The molecule has 1 aliphatic rings. The number of imide groups is 1. The van der Waals surface area contributed by atoms with E-state index in [9.17, 15) is 9.59 Å². The van der Waals surface area contributed by atoms with Gasteiger partial charge in [-0.2, -0.15) is 0 Å². The summed E-state index contributed by atoms with van der Waals surface area (Å²) >= 11 is 6.86. The van der Waals surface area contributed by atoms with Crippen molar-refractivity contribution >= 4 is 43.7 Å². The fraction of sp³-hybridized carbons (Fsp3) is 0.385. The molecule has 0 spiro atoms. The number of hydrogen-bond donors (Lipinski definition) is 2. The summed E-state index contributed by atoms with van der Waals surface area (Å²) in [6.07, 6.45) is 0.880. The van der Waals surface area contributed by atoms with Gasteiger partial charge in [0.1, 0.15) is 5.75 Å². The van der Waals surface area contributed by atoms with Crippen molar-refractivity contribution < 1.29 is 14.3 Å². The molecule has 20 heavy (non-hydrogen) atoms. The molecule has 108 valence electrons. The van der Waals surface area contributed by atoms with E-state index in [4.69, 9.17) is 4.74 Å². The van der Waals surface area contributed by atoms with Crippen LogP contribution in [0.5, 0.6) is 5.75 Å². The Kier molecular flexibility index (Phi) is 5.17. The average Bonchev–Trinajstić information content (AvgIpc) is 2.37. The number of nitrogens with one attached hydrogen (secondary N) is 2. The van der Waals surface area contributed by atoms with Crippen LogP contribution in [0.15, 0.2) is 21.1 Å². The lowest BCUT2D eigenvalue weighted by Gasteiger charge is -2.22. The molecule has 0 saturated carbocycles. The molecular weight excluding hydrogens is 392 g/mol. The van der Waals surface area contributed by atoms with E-state index in [1.165, 1.54) is 0 Å². The van der Waals surface area contributed by atoms with Crippen molar-refractivity contribution in [3.63, 3.8) is 0 Å². The lowest BCUT2D eigenvalue weighted by molar-refractivity contribution is -0.134. The van der Waals surface area contributed by atoms with Gasteiger partial charge in [0.05, 0.1) is 17.6 Å². The third-order valence-corrected chi connectivity index (χ3v) is 4.11. The van der Waals surface area contributed by atoms with Gasteiger partial charge in [0.2, 0.25) is 11.8 Å². The number of ether oxygens (including phenoxy) is 1. The summed E-state index contributed by atoms with van der Waals surface area (Å²) in [6, 6.07) is 3.48. The first-order chi connectivity index (χ1) is 9.51. The van der Waals surface area contributed by atoms with Crippen molar-refractivity contribution in [3.8, 4) is 5.75 Å². The van der Waals surface area contributed by atoms with Gasteiger partial charge < -0.3 is 10.1 Å². The second-order valence-corrected chi connectivity index (χ2v) is 6.23. The fourth-order valence-corrected chi connectivity index (χ4v) is 3.57. The summed E-state index contributed by atoms with van der Waals surface area (Å²) < 4.78 is 7.12. The minimum atomic E-state index is -0.352. The molecule has 1 unspecified atom stereocenters. The van der Waals surface area contributed by atoms with Crippen LogP contribution in [0.2, 0.25) is 0 Å². The van der Waals surface area contributed by atoms with Crippen LogP contribution in [-0.4, -0.2) is 25.0 Å². The lowest BCUT2D eigenvalue weighted by Crippen LogP contribution is -2.50. The summed E-state index contributed by atoms with van der Waals surface area (Å²) in [7, 11) is 1.60. The SMILES string of the molecule is COc1c(Br)cc(Br)cc1CNC1CCC(=O)NC1=O. The van der Waals surface area contributed by atoms with Crippen LogP contribution in [0.4, 0.5) is 0 Å². The molecule has 2 N–H and O–H groups in total. The first-order valence-corrected chi connectivity index (χ1v) is 7.69. The average molecular weight is 406 g/mol. The van der Waals surface area contributed by atoms with Gasteiger partial charge in [0.25, 0.3) is 0 Å². The van der Waals surface area contributed by atoms with E-state index in [2.05, 4.69) is 42.5 Å². The van der Waals surface area contributed by atoms with Crippen LogP contribution in [-0.2, 0) is 16.1 Å². The highest BCUT2D eigenvalue weighted by Crippen LogP contribution is 2.32. The molecule has 0 aliphatic carbocycles. The third kappa shape index (κ3) is 3.59. The monoisotopic (exact) mass is 404 g/mol. The Morgan fingerprint density at radius 3 is 2.80 bits per heavy atom. The van der Waals surface area contributed by atoms with Crippen molar-refractivity contribution in [3.05, 3.63) is 26.6 Å². The molecule has 1 aromatic rings. The molecular formula is C13H14Br2N2O3. The molecule has 1 saturated heterocycles. The van der Waals surface area contributed by atoms with Crippen molar-refractivity contribution in [2.75, 3.05) is 7.11 Å². The lowest BCUT2D eigenvalue weighted by atomic mass is 10.1. The van der Waals surface area contributed by atoms with Crippen LogP contribution in [0.3, 0.4) is 0 Å². The van der Waals surface area contributed by atoms with Crippen LogP contribution in [0.1, 0.15) is 18.4 Å². The van der Waals surface area contributed by atoms with Gasteiger partial charge in [-0.1, -0.05) is 15.9 Å². The van der Waals surface area contributed by atoms with Gasteiger partial charge in [0, 0.05) is 23.0 Å². The quantitative estimate of drug-likeness (QED) is 0.753. The van der Waals surface area contributed by atoms with Gasteiger partial charge in [-0.15, -0.1) is 0 Å². The zero-order valence-corrected chi connectivity index (χ0v) is 14.0. The Labute approximate surface area is 133 Å². The minimum absolute atomic E-state index is 0.212. The molecule has 2 amide bonds. The summed E-state index contributed by atoms with van der Waals surface area (Å²) in [6.45, 7) is 0.480. The number of amides is 2. The Bertz CT molecular complexity index is 549. The van der Waals surface area contributed by atoms with Gasteiger partial charge >= 0.3 is 0 Å². The molecule has 1 aliphatic heterocycles. The molecule has 0 bridgehead atoms. The molecule has 5 nitrogen and oxygen atoms in total. The number of hydrogen-bond acceptors (Lipinski definition) is 4. The number of carbonyl (C=O) groups excluding carboxylic acids is 2. The number of carbonyl (C=O) groups is 2. The van der Waals surface area contributed by atoms with E-state index in [-0.39, 0.29) is 17.9 Å². The maximum Gasteiger partial charge on any atom is 0.243 e. The summed E-state index contributed by atoms with van der Waals surface area (Å²) in [5, 5.41) is 5.48. The minimum Gasteiger partial charge on any atom is -0.495 e. The zero-order valence-electron chi connectivity index (χ0n) is 10.8. The Hall–Kier alpha value is -0.920. The van der Waals surface area contributed by atoms with E-state index in [1.807, 2.05) is 12.1 Å². The summed E-state index contributed by atoms with van der Waals surface area (Å²) in [5.41, 5.74) is 0.929. The zero-order chi connectivity index (χ0) is 14.7. The van der Waals surface area contributed by atoms with Crippen molar-refractivity contribution in [1.29, 1.82) is 0 Å². The number of piperidine rings is 1. The van der Waals surface area contributed by atoms with Crippen molar-refractivity contribution in [1.82, 2.24) is 10.6 Å². The molecule has 1 heterocycles. The molecule has 1 atom stereocenters. The fourth-order valence-electron chi connectivity index (χ4n) is 2.10. The first kappa shape index (κ1) is 15.5. The molecule has 2 rings (SSSR count). The van der Waals surface area contributed by atoms with E-state index in [1.54, 1.807) is 7.11 Å². The van der Waals surface area contributed by atoms with Crippen LogP contribution < -0.4 is 15.4 Å². The van der Waals surface area contributed by atoms with Crippen molar-refractivity contribution in [2.24, 2.45) is 0 Å². The van der Waals surface area contributed by atoms with Gasteiger partial charge in [0.15, 0.2) is 0 Å². The number of rotatable bonds is 4. The van der Waals surface area contributed by atoms with E-state index in [0.29, 0.717) is 19.4 Å². The summed E-state index contributed by atoms with van der Waals surface area (Å²) in [5.74, 6) is 0.248. The van der Waals surface area contributed by atoms with E-state index in [0.717, 1.165) is 20.3 Å². The standard InChI is InChI=1S/C13H14Br2N2O3/c1-20-12-7(4-8(14)5-9(12)15)6-16-10-2-3-11(18)17-13(10)19/h4-5,10,16H,2-3,6H2,1H3,(H,17,18,19). The first-order valence-electron chi connectivity index (χ1n) is 6.10. The molecule has 0 radical (unpaired) electrons. The van der Waals surface area contributed by atoms with Gasteiger partial charge in [-0.3, -0.25) is 14.9 Å². The highest BCUT2D eigenvalue weighted by atomic mass is 79.9. The molecule has 0 aromatic heterocycles. The highest BCUT2D eigenvalue weighted by molar-refractivity contribution is 9.11. The maximum absolute atomic E-state index is 11.7. The smallest absolute Gasteiger partial charge is 0.243 e. The predicted octanol–water partition coefficient (Wildman–Crippen LogP) is 2.11. The second kappa shape index (κ2) is 6.69. The van der Waals surface area contributed by atoms with Gasteiger partial charge in [-0.25, -0.2) is 0 Å². The highest BCUT2D eigenvalue weighted by Gasteiger charge is 2.26. The maximum atomic E-state index is 11.7. The number of benzene rings is 1. The van der Waals surface area contributed by atoms with E-state index >= 15 is 0 Å². The topological polar surface area (TPSA) is 67.4 Å². The second-order valence-electron chi connectivity index (χ2n) is 4.46. The Balaban J connectivity index is 2.07. The predicted molar refractivity (Wildman–Crippen MR) is 81.4 cm³/mol.